The number of phosphoric ester groups is 1. The first-order valence-corrected chi connectivity index (χ1v) is 8.69. The fraction of sp³-hybridized carbons (Fsp3) is 0.429. The molecule has 0 aliphatic carbocycles. The van der Waals surface area contributed by atoms with Gasteiger partial charge in [-0.05, 0) is 12.5 Å². The minimum atomic E-state index is -4.88. The first kappa shape index (κ1) is 21.2. The third-order valence-electron chi connectivity index (χ3n) is 3.10. The van der Waals surface area contributed by atoms with Crippen LogP contribution >= 0.6 is 7.82 Å². The van der Waals surface area contributed by atoms with E-state index in [4.69, 9.17) is 14.5 Å². The highest BCUT2D eigenvalue weighted by Crippen LogP contribution is 2.35. The Morgan fingerprint density at radius 1 is 1.20 bits per heavy atom. The van der Waals surface area contributed by atoms with Crippen LogP contribution in [-0.4, -0.2) is 56.7 Å². The highest BCUT2D eigenvalue weighted by molar-refractivity contribution is 7.46. The predicted molar refractivity (Wildman–Crippen MR) is 84.2 cm³/mol. The number of phosphoric acid groups is 1. The maximum atomic E-state index is 11.6. The topological polar surface area (TPSA) is 163 Å². The van der Waals surface area contributed by atoms with Gasteiger partial charge in [0.2, 0.25) is 0 Å². The molecule has 0 aromatic heterocycles. The summed E-state index contributed by atoms with van der Waals surface area (Å²) in [6.45, 7) is 0.218. The zero-order valence-corrected chi connectivity index (χ0v) is 14.2. The summed E-state index contributed by atoms with van der Waals surface area (Å²) in [4.78, 5) is 40.1. The summed E-state index contributed by atoms with van der Waals surface area (Å²) < 4.78 is 19.4. The van der Waals surface area contributed by atoms with Crippen LogP contribution in [0.1, 0.15) is 12.5 Å². The van der Waals surface area contributed by atoms with Crippen LogP contribution in [0.5, 0.6) is 0 Å². The van der Waals surface area contributed by atoms with Gasteiger partial charge in [-0.3, -0.25) is 9.32 Å². The fourth-order valence-electron chi connectivity index (χ4n) is 1.73. The number of ketones is 1. The molecule has 0 heterocycles. The van der Waals surface area contributed by atoms with Crippen molar-refractivity contribution in [2.45, 2.75) is 31.8 Å². The zero-order valence-electron chi connectivity index (χ0n) is 13.3. The van der Waals surface area contributed by atoms with Crippen LogP contribution in [0.2, 0.25) is 0 Å². The maximum Gasteiger partial charge on any atom is 0.470 e. The van der Waals surface area contributed by atoms with Crippen LogP contribution in [-0.2, 0) is 25.2 Å². The number of hydrogen-bond acceptors (Lipinski definition) is 7. The van der Waals surface area contributed by atoms with Crippen molar-refractivity contribution < 1.29 is 43.4 Å². The van der Waals surface area contributed by atoms with Crippen molar-refractivity contribution in [1.82, 2.24) is 5.32 Å². The lowest BCUT2D eigenvalue weighted by atomic mass is 10.0. The van der Waals surface area contributed by atoms with Gasteiger partial charge in [0.05, 0.1) is 6.04 Å². The molecule has 0 saturated heterocycles. The van der Waals surface area contributed by atoms with Gasteiger partial charge in [-0.2, -0.15) is 0 Å². The third kappa shape index (κ3) is 8.21. The van der Waals surface area contributed by atoms with Crippen LogP contribution in [0.3, 0.4) is 0 Å². The number of amides is 1. The van der Waals surface area contributed by atoms with Crippen LogP contribution in [0, 0.1) is 0 Å². The molecular weight excluding hydrogens is 357 g/mol. The Labute approximate surface area is 143 Å². The van der Waals surface area contributed by atoms with Gasteiger partial charge in [0, 0.05) is 0 Å². The lowest BCUT2D eigenvalue weighted by Crippen LogP contribution is -2.50. The molecule has 10 nitrogen and oxygen atoms in total. The molecular formula is C14H20NO9P. The molecule has 0 bridgehead atoms. The van der Waals surface area contributed by atoms with E-state index in [1.165, 1.54) is 6.92 Å². The number of carbonyl (C=O) groups excluding carboxylic acids is 2. The average Bonchev–Trinajstić information content (AvgIpc) is 2.56. The molecule has 5 N–H and O–H groups in total. The standard InChI is InChI=1S/C14H20NO9P/c1-9(12(17)13(18)11(16)8-24-25(20,21)22)15-14(19)23-7-10-5-3-2-4-6-10/h2-6,9,12-13,17-18H,7-8H2,1H3,(H,15,19)(H2,20,21,22)/t9-,12+,13-/m0/s1. The largest absolute Gasteiger partial charge is 0.470 e. The molecule has 1 aromatic carbocycles. The van der Waals surface area contributed by atoms with Crippen molar-refractivity contribution in [1.29, 1.82) is 0 Å². The molecule has 0 unspecified atom stereocenters. The molecule has 0 saturated carbocycles. The first-order valence-electron chi connectivity index (χ1n) is 7.16. The van der Waals surface area contributed by atoms with Crippen LogP contribution in [0.15, 0.2) is 30.3 Å². The van der Waals surface area contributed by atoms with Gasteiger partial charge in [0.15, 0.2) is 5.78 Å². The van der Waals surface area contributed by atoms with E-state index in [1.54, 1.807) is 30.3 Å². The number of rotatable bonds is 9. The molecule has 1 aromatic rings. The third-order valence-corrected chi connectivity index (χ3v) is 3.56. The van der Waals surface area contributed by atoms with E-state index < -0.39 is 44.6 Å². The van der Waals surface area contributed by atoms with E-state index in [0.29, 0.717) is 0 Å². The zero-order chi connectivity index (χ0) is 19.0. The number of Topliss-reactive ketones (excluding diaryl/α,β-unsaturated/α-hetero) is 1. The predicted octanol–water partition coefficient (Wildman–Crippen LogP) is -0.298. The highest BCUT2D eigenvalue weighted by atomic mass is 31.2. The van der Waals surface area contributed by atoms with Gasteiger partial charge in [-0.15, -0.1) is 0 Å². The van der Waals surface area contributed by atoms with Gasteiger partial charge in [-0.1, -0.05) is 30.3 Å². The Kier molecular flexibility index (Phi) is 8.17. The number of aliphatic hydroxyl groups is 2. The molecule has 0 radical (unpaired) electrons. The van der Waals surface area contributed by atoms with E-state index in [9.17, 15) is 24.4 Å². The van der Waals surface area contributed by atoms with Crippen molar-refractivity contribution >= 4 is 19.7 Å². The van der Waals surface area contributed by atoms with Crippen LogP contribution in [0.4, 0.5) is 4.79 Å². The van der Waals surface area contributed by atoms with E-state index in [-0.39, 0.29) is 6.61 Å². The van der Waals surface area contributed by atoms with Crippen molar-refractivity contribution in [3.63, 3.8) is 0 Å². The molecule has 11 heteroatoms. The fourth-order valence-corrected chi connectivity index (χ4v) is 2.03. The minimum Gasteiger partial charge on any atom is -0.445 e. The number of aliphatic hydroxyl groups excluding tert-OH is 2. The normalized spacial score (nSPS) is 15.1. The van der Waals surface area contributed by atoms with E-state index >= 15 is 0 Å². The van der Waals surface area contributed by atoms with Crippen molar-refractivity contribution in [3.05, 3.63) is 35.9 Å². The minimum absolute atomic E-state index is 0.00685. The van der Waals surface area contributed by atoms with Crippen molar-refractivity contribution in [2.75, 3.05) is 6.61 Å². The maximum absolute atomic E-state index is 11.6. The second kappa shape index (κ2) is 9.62. The van der Waals surface area contributed by atoms with Crippen LogP contribution in [0.25, 0.3) is 0 Å². The average molecular weight is 377 g/mol. The Bertz CT molecular complexity index is 618. The molecule has 0 fully saturated rings. The lowest BCUT2D eigenvalue weighted by molar-refractivity contribution is -0.136. The SMILES string of the molecule is C[C@H](NC(=O)OCc1ccccc1)[C@@H](O)[C@@H](O)C(=O)COP(=O)(O)O. The molecule has 1 amide bonds. The summed E-state index contributed by atoms with van der Waals surface area (Å²) in [5.74, 6) is -1.15. The molecule has 0 aliphatic rings. The number of alkyl carbamates (subject to hydrolysis) is 1. The number of hydrogen-bond donors (Lipinski definition) is 5. The highest BCUT2D eigenvalue weighted by Gasteiger charge is 2.31. The summed E-state index contributed by atoms with van der Waals surface area (Å²) in [5, 5.41) is 21.7. The van der Waals surface area contributed by atoms with E-state index in [0.717, 1.165) is 5.56 Å². The smallest absolute Gasteiger partial charge is 0.445 e. The number of carbonyl (C=O) groups is 2. The summed E-state index contributed by atoms with van der Waals surface area (Å²) >= 11 is 0. The Balaban J connectivity index is 2.43. The Morgan fingerprint density at radius 2 is 1.80 bits per heavy atom. The molecule has 140 valence electrons. The summed E-state index contributed by atoms with van der Waals surface area (Å²) in [7, 11) is -4.88. The molecule has 1 rings (SSSR count). The first-order chi connectivity index (χ1) is 11.6. The van der Waals surface area contributed by atoms with Gasteiger partial charge >= 0.3 is 13.9 Å². The number of nitrogens with one attached hydrogen (secondary N) is 1. The molecule has 3 atom stereocenters. The molecule has 0 aliphatic heterocycles. The summed E-state index contributed by atoms with van der Waals surface area (Å²) in [6.07, 6.45) is -4.60. The van der Waals surface area contributed by atoms with Gasteiger partial charge in [0.25, 0.3) is 0 Å². The summed E-state index contributed by atoms with van der Waals surface area (Å²) in [5.41, 5.74) is 0.746. The second-order valence-corrected chi connectivity index (χ2v) is 6.40. The van der Waals surface area contributed by atoms with Gasteiger partial charge < -0.3 is 30.1 Å². The lowest BCUT2D eigenvalue weighted by Gasteiger charge is -2.23. The molecule has 0 spiro atoms. The second-order valence-electron chi connectivity index (χ2n) is 5.16. The Morgan fingerprint density at radius 3 is 2.36 bits per heavy atom. The summed E-state index contributed by atoms with van der Waals surface area (Å²) in [6, 6.07) is 7.76. The number of benzene rings is 1. The monoisotopic (exact) mass is 377 g/mol. The van der Waals surface area contributed by atoms with Gasteiger partial charge in [0.1, 0.15) is 25.4 Å². The number of ether oxygens (including phenoxy) is 1. The van der Waals surface area contributed by atoms with E-state index in [2.05, 4.69) is 9.84 Å². The van der Waals surface area contributed by atoms with Crippen LogP contribution < -0.4 is 5.32 Å². The Hall–Kier alpha value is -1.81. The quantitative estimate of drug-likeness (QED) is 0.364. The van der Waals surface area contributed by atoms with Gasteiger partial charge in [-0.25, -0.2) is 9.36 Å². The van der Waals surface area contributed by atoms with Crippen molar-refractivity contribution in [2.24, 2.45) is 0 Å². The van der Waals surface area contributed by atoms with Crippen molar-refractivity contribution in [3.8, 4) is 0 Å². The molecule has 25 heavy (non-hydrogen) atoms. The van der Waals surface area contributed by atoms with E-state index in [1.807, 2.05) is 0 Å².